The third-order valence-electron chi connectivity index (χ3n) is 6.17. The van der Waals surface area contributed by atoms with Gasteiger partial charge in [0.15, 0.2) is 5.13 Å². The lowest BCUT2D eigenvalue weighted by atomic mass is 10.1. The Balaban J connectivity index is 1.44. The van der Waals surface area contributed by atoms with Gasteiger partial charge in [0.25, 0.3) is 0 Å². The zero-order valence-corrected chi connectivity index (χ0v) is 21.4. The smallest absolute Gasteiger partial charge is 0.229 e. The number of rotatable bonds is 9. The van der Waals surface area contributed by atoms with E-state index in [0.29, 0.717) is 13.0 Å². The van der Waals surface area contributed by atoms with Gasteiger partial charge in [-0.05, 0) is 56.5 Å². The highest BCUT2D eigenvalue weighted by atomic mass is 32.2. The van der Waals surface area contributed by atoms with E-state index < -0.39 is 0 Å². The van der Waals surface area contributed by atoms with Gasteiger partial charge in [-0.2, -0.15) is 0 Å². The Morgan fingerprint density at radius 3 is 2.64 bits per heavy atom. The summed E-state index contributed by atoms with van der Waals surface area (Å²) in [5.74, 6) is 0.926. The molecule has 1 aliphatic rings. The van der Waals surface area contributed by atoms with Crippen LogP contribution in [0.1, 0.15) is 29.5 Å². The number of carbonyl (C=O) groups is 1. The molecule has 4 rings (SSSR count). The summed E-state index contributed by atoms with van der Waals surface area (Å²) >= 11 is 3.37. The van der Waals surface area contributed by atoms with E-state index in [0.717, 1.165) is 60.4 Å². The fraction of sp³-hybridized carbons (Fsp3) is 0.462. The summed E-state index contributed by atoms with van der Waals surface area (Å²) in [7, 11) is 0. The third-order valence-corrected chi connectivity index (χ3v) is 8.23. The minimum atomic E-state index is 0.157. The number of ether oxygens (including phenoxy) is 1. The van der Waals surface area contributed by atoms with Crippen molar-refractivity contribution in [2.75, 3.05) is 50.0 Å². The molecule has 0 spiro atoms. The molecule has 1 amide bonds. The predicted octanol–water partition coefficient (Wildman–Crippen LogP) is 5.46. The Morgan fingerprint density at radius 2 is 1.88 bits per heavy atom. The van der Waals surface area contributed by atoms with E-state index in [1.165, 1.54) is 21.6 Å². The number of benzene rings is 2. The van der Waals surface area contributed by atoms with E-state index in [1.807, 2.05) is 4.90 Å². The molecule has 2 aromatic carbocycles. The lowest BCUT2D eigenvalue weighted by Crippen LogP contribution is -2.39. The molecular formula is C26H33N3O2S2. The molecule has 3 aromatic rings. The number of hydrogen-bond acceptors (Lipinski definition) is 6. The van der Waals surface area contributed by atoms with Crippen LogP contribution in [0.2, 0.25) is 0 Å². The van der Waals surface area contributed by atoms with Crippen LogP contribution in [0, 0.1) is 20.8 Å². The number of fused-ring (bicyclic) bond motifs is 1. The van der Waals surface area contributed by atoms with Gasteiger partial charge in [0.2, 0.25) is 5.91 Å². The van der Waals surface area contributed by atoms with Gasteiger partial charge in [-0.25, -0.2) is 4.98 Å². The van der Waals surface area contributed by atoms with E-state index in [-0.39, 0.29) is 5.91 Å². The van der Waals surface area contributed by atoms with Crippen LogP contribution in [0.25, 0.3) is 10.2 Å². The summed E-state index contributed by atoms with van der Waals surface area (Å²) < 4.78 is 6.61. The first-order chi connectivity index (χ1) is 16.0. The van der Waals surface area contributed by atoms with Gasteiger partial charge in [-0.1, -0.05) is 35.1 Å². The van der Waals surface area contributed by atoms with E-state index >= 15 is 0 Å². The number of nitrogens with zero attached hydrogens (tertiary/aromatic N) is 3. The Bertz CT molecular complexity index is 1080. The minimum absolute atomic E-state index is 0.157. The molecule has 1 fully saturated rings. The van der Waals surface area contributed by atoms with Crippen molar-refractivity contribution in [3.63, 3.8) is 0 Å². The normalized spacial score (nSPS) is 14.6. The minimum Gasteiger partial charge on any atom is -0.379 e. The molecule has 1 aliphatic heterocycles. The van der Waals surface area contributed by atoms with Crippen molar-refractivity contribution >= 4 is 44.4 Å². The molecule has 0 radical (unpaired) electrons. The maximum absolute atomic E-state index is 13.3. The Hall–Kier alpha value is -1.93. The zero-order chi connectivity index (χ0) is 23.2. The fourth-order valence-corrected chi connectivity index (χ4v) is 5.87. The second-order valence-electron chi connectivity index (χ2n) is 8.62. The average molecular weight is 484 g/mol. The summed E-state index contributed by atoms with van der Waals surface area (Å²) in [4.78, 5) is 23.8. The van der Waals surface area contributed by atoms with Crippen molar-refractivity contribution in [2.45, 2.75) is 38.5 Å². The molecule has 0 unspecified atom stereocenters. The fourth-order valence-electron chi connectivity index (χ4n) is 3.96. The maximum atomic E-state index is 13.3. The Kier molecular flexibility index (Phi) is 8.41. The van der Waals surface area contributed by atoms with E-state index in [9.17, 15) is 4.79 Å². The molecule has 176 valence electrons. The van der Waals surface area contributed by atoms with Crippen molar-refractivity contribution in [3.05, 3.63) is 53.1 Å². The molecule has 7 heteroatoms. The molecule has 0 atom stereocenters. The van der Waals surface area contributed by atoms with Gasteiger partial charge in [0.1, 0.15) is 0 Å². The van der Waals surface area contributed by atoms with Crippen molar-refractivity contribution in [2.24, 2.45) is 0 Å². The first-order valence-corrected chi connectivity index (χ1v) is 13.5. The topological polar surface area (TPSA) is 45.7 Å². The number of thioether (sulfide) groups is 1. The van der Waals surface area contributed by atoms with Gasteiger partial charge in [-0.15, -0.1) is 11.8 Å². The number of amides is 1. The SMILES string of the molecule is Cc1ccc(SCCC(=O)N(CCCN2CCOCC2)c2nc3c(C)c(C)ccc3s2)cc1. The highest BCUT2D eigenvalue weighted by Gasteiger charge is 2.21. The van der Waals surface area contributed by atoms with Crippen molar-refractivity contribution < 1.29 is 9.53 Å². The lowest BCUT2D eigenvalue weighted by molar-refractivity contribution is -0.118. The number of aromatic nitrogens is 1. The van der Waals surface area contributed by atoms with E-state index in [2.05, 4.69) is 62.1 Å². The summed E-state index contributed by atoms with van der Waals surface area (Å²) in [6.45, 7) is 11.5. The second kappa shape index (κ2) is 11.5. The van der Waals surface area contributed by atoms with Crippen molar-refractivity contribution in [1.29, 1.82) is 0 Å². The summed E-state index contributed by atoms with van der Waals surface area (Å²) in [6.07, 6.45) is 1.44. The number of hydrogen-bond donors (Lipinski definition) is 0. The summed E-state index contributed by atoms with van der Waals surface area (Å²) in [5, 5.41) is 0.825. The molecule has 1 aromatic heterocycles. The molecule has 33 heavy (non-hydrogen) atoms. The van der Waals surface area contributed by atoms with E-state index in [1.54, 1.807) is 23.1 Å². The van der Waals surface area contributed by atoms with Gasteiger partial charge in [0.05, 0.1) is 23.4 Å². The largest absolute Gasteiger partial charge is 0.379 e. The van der Waals surface area contributed by atoms with Gasteiger partial charge in [0, 0.05) is 43.2 Å². The predicted molar refractivity (Wildman–Crippen MR) is 140 cm³/mol. The molecule has 0 bridgehead atoms. The number of thiazole rings is 1. The quantitative estimate of drug-likeness (QED) is 0.378. The highest BCUT2D eigenvalue weighted by molar-refractivity contribution is 7.99. The maximum Gasteiger partial charge on any atom is 0.229 e. The lowest BCUT2D eigenvalue weighted by Gasteiger charge is -2.27. The molecule has 5 nitrogen and oxygen atoms in total. The van der Waals surface area contributed by atoms with Crippen LogP contribution >= 0.6 is 23.1 Å². The number of aryl methyl sites for hydroxylation is 3. The van der Waals surface area contributed by atoms with Gasteiger partial charge in [-0.3, -0.25) is 14.6 Å². The molecule has 0 saturated carbocycles. The van der Waals surface area contributed by atoms with Gasteiger partial charge < -0.3 is 4.74 Å². The molecule has 0 aliphatic carbocycles. The average Bonchev–Trinajstić information content (AvgIpc) is 3.26. The van der Waals surface area contributed by atoms with Crippen LogP contribution in [-0.2, 0) is 9.53 Å². The monoisotopic (exact) mass is 483 g/mol. The van der Waals surface area contributed by atoms with Crippen LogP contribution in [0.5, 0.6) is 0 Å². The number of morpholine rings is 1. The Labute approximate surface area is 205 Å². The van der Waals surface area contributed by atoms with Crippen LogP contribution in [0.15, 0.2) is 41.3 Å². The van der Waals surface area contributed by atoms with Crippen LogP contribution in [0.4, 0.5) is 5.13 Å². The van der Waals surface area contributed by atoms with Gasteiger partial charge >= 0.3 is 0 Å². The Morgan fingerprint density at radius 1 is 1.12 bits per heavy atom. The number of carbonyl (C=O) groups excluding carboxylic acids is 1. The standard InChI is InChI=1S/C26H33N3O2S2/c1-19-5-8-22(9-6-19)32-18-11-24(30)29(13-4-12-28-14-16-31-17-15-28)26-27-25-21(3)20(2)7-10-23(25)33-26/h5-10H,4,11-18H2,1-3H3. The van der Waals surface area contributed by atoms with Crippen LogP contribution < -0.4 is 4.90 Å². The zero-order valence-electron chi connectivity index (χ0n) is 19.8. The van der Waals surface area contributed by atoms with Crippen LogP contribution in [0.3, 0.4) is 0 Å². The third kappa shape index (κ3) is 6.35. The molecule has 0 N–H and O–H groups in total. The summed E-state index contributed by atoms with van der Waals surface area (Å²) in [6, 6.07) is 12.8. The van der Waals surface area contributed by atoms with Crippen LogP contribution in [-0.4, -0.2) is 60.9 Å². The number of anilines is 1. The van der Waals surface area contributed by atoms with Crippen molar-refractivity contribution in [1.82, 2.24) is 9.88 Å². The molecule has 1 saturated heterocycles. The molecule has 2 heterocycles. The highest BCUT2D eigenvalue weighted by Crippen LogP contribution is 2.32. The van der Waals surface area contributed by atoms with Crippen molar-refractivity contribution in [3.8, 4) is 0 Å². The first-order valence-electron chi connectivity index (χ1n) is 11.7. The first kappa shape index (κ1) is 24.2. The summed E-state index contributed by atoms with van der Waals surface area (Å²) in [5.41, 5.74) is 4.71. The second-order valence-corrected chi connectivity index (χ2v) is 10.8. The molecular weight excluding hydrogens is 450 g/mol. The van der Waals surface area contributed by atoms with E-state index in [4.69, 9.17) is 9.72 Å².